The Balaban J connectivity index is 1.13. The SMILES string of the molecule is O=C(NCC1CC12CCN(C(=O)C1=CCCN=C1)CC2)c1cc2ccncc2o1. The fourth-order valence-electron chi connectivity index (χ4n) is 4.62. The first-order valence-corrected chi connectivity index (χ1v) is 10.3. The maximum Gasteiger partial charge on any atom is 0.287 e. The van der Waals surface area contributed by atoms with Crippen LogP contribution in [0.5, 0.6) is 0 Å². The van der Waals surface area contributed by atoms with Crippen LogP contribution in [0.1, 0.15) is 36.2 Å². The first kappa shape index (κ1) is 18.1. The number of likely N-dealkylation sites (tertiary alicyclic amines) is 1. The van der Waals surface area contributed by atoms with Crippen LogP contribution in [-0.2, 0) is 4.79 Å². The summed E-state index contributed by atoms with van der Waals surface area (Å²) in [5, 5.41) is 3.90. The molecule has 0 bridgehead atoms. The van der Waals surface area contributed by atoms with Gasteiger partial charge >= 0.3 is 0 Å². The molecule has 7 nitrogen and oxygen atoms in total. The van der Waals surface area contributed by atoms with Gasteiger partial charge in [-0.15, -0.1) is 0 Å². The van der Waals surface area contributed by atoms with E-state index < -0.39 is 0 Å². The van der Waals surface area contributed by atoms with Crippen LogP contribution in [0, 0.1) is 11.3 Å². The fraction of sp³-hybridized carbons (Fsp3) is 0.455. The van der Waals surface area contributed by atoms with Crippen LogP contribution in [0.2, 0.25) is 0 Å². The van der Waals surface area contributed by atoms with Crippen LogP contribution < -0.4 is 5.32 Å². The van der Waals surface area contributed by atoms with Crippen LogP contribution in [0.3, 0.4) is 0 Å². The molecule has 7 heteroatoms. The van der Waals surface area contributed by atoms with E-state index in [0.717, 1.165) is 56.3 Å². The Hall–Kier alpha value is -2.96. The number of pyridine rings is 1. The second-order valence-electron chi connectivity index (χ2n) is 8.27. The van der Waals surface area contributed by atoms with Crippen LogP contribution in [0.25, 0.3) is 11.0 Å². The Morgan fingerprint density at radius 2 is 2.17 bits per heavy atom. The van der Waals surface area contributed by atoms with Gasteiger partial charge in [0.25, 0.3) is 11.8 Å². The molecule has 4 heterocycles. The molecular weight excluding hydrogens is 368 g/mol. The number of amides is 2. The first-order valence-electron chi connectivity index (χ1n) is 10.3. The largest absolute Gasteiger partial charge is 0.449 e. The molecule has 1 saturated carbocycles. The van der Waals surface area contributed by atoms with E-state index in [1.807, 2.05) is 17.0 Å². The normalized spacial score (nSPS) is 22.6. The molecule has 3 aliphatic rings. The van der Waals surface area contributed by atoms with Crippen molar-refractivity contribution < 1.29 is 14.0 Å². The lowest BCUT2D eigenvalue weighted by molar-refractivity contribution is -0.128. The number of carbonyl (C=O) groups is 2. The number of rotatable bonds is 4. The number of aliphatic imine (C=N–C) groups is 1. The smallest absolute Gasteiger partial charge is 0.287 e. The number of dihydropyridines is 1. The van der Waals surface area contributed by atoms with Gasteiger partial charge in [-0.3, -0.25) is 19.6 Å². The third-order valence-corrected chi connectivity index (χ3v) is 6.56. The summed E-state index contributed by atoms with van der Waals surface area (Å²) in [5.41, 5.74) is 1.63. The molecule has 150 valence electrons. The minimum absolute atomic E-state index is 0.105. The molecule has 2 aromatic rings. The van der Waals surface area contributed by atoms with Crippen molar-refractivity contribution in [3.05, 3.63) is 41.9 Å². The van der Waals surface area contributed by atoms with Crippen molar-refractivity contribution in [1.29, 1.82) is 0 Å². The minimum atomic E-state index is -0.181. The predicted octanol–water partition coefficient (Wildman–Crippen LogP) is 2.59. The molecule has 2 fully saturated rings. The van der Waals surface area contributed by atoms with Gasteiger partial charge in [-0.1, -0.05) is 6.08 Å². The van der Waals surface area contributed by atoms with E-state index in [0.29, 0.717) is 23.8 Å². The van der Waals surface area contributed by atoms with Crippen molar-refractivity contribution in [2.24, 2.45) is 16.3 Å². The van der Waals surface area contributed by atoms with E-state index in [9.17, 15) is 9.59 Å². The molecule has 1 unspecified atom stereocenters. The lowest BCUT2D eigenvalue weighted by atomic mass is 9.90. The average molecular weight is 392 g/mol. The predicted molar refractivity (Wildman–Crippen MR) is 109 cm³/mol. The molecule has 29 heavy (non-hydrogen) atoms. The monoisotopic (exact) mass is 392 g/mol. The summed E-state index contributed by atoms with van der Waals surface area (Å²) in [5.74, 6) is 0.725. The number of carbonyl (C=O) groups excluding carboxylic acids is 2. The van der Waals surface area contributed by atoms with E-state index in [1.165, 1.54) is 0 Å². The van der Waals surface area contributed by atoms with E-state index in [-0.39, 0.29) is 17.2 Å². The van der Waals surface area contributed by atoms with Crippen molar-refractivity contribution in [3.63, 3.8) is 0 Å². The van der Waals surface area contributed by atoms with Gasteiger partial charge in [-0.2, -0.15) is 0 Å². The molecule has 1 spiro atoms. The Labute approximate surface area is 168 Å². The number of piperidine rings is 1. The zero-order valence-electron chi connectivity index (χ0n) is 16.3. The number of hydrogen-bond acceptors (Lipinski definition) is 5. The summed E-state index contributed by atoms with van der Waals surface area (Å²) in [6.45, 7) is 2.99. The third-order valence-electron chi connectivity index (χ3n) is 6.56. The number of nitrogens with one attached hydrogen (secondary N) is 1. The highest BCUT2D eigenvalue weighted by Gasteiger charge is 2.54. The standard InChI is InChI=1S/C22H24N4O3/c27-20(18-10-15-3-7-24-14-19(15)29-18)25-13-17-11-22(17)4-8-26(9-5-22)21(28)16-2-1-6-23-12-16/h2-3,7,10,12,14,17H,1,4-6,8-9,11,13H2,(H,25,27). The number of nitrogens with zero attached hydrogens (tertiary/aromatic N) is 3. The van der Waals surface area contributed by atoms with Gasteiger partial charge in [0.1, 0.15) is 0 Å². The van der Waals surface area contributed by atoms with Crippen molar-refractivity contribution in [2.45, 2.75) is 25.7 Å². The van der Waals surface area contributed by atoms with Gasteiger partial charge in [0, 0.05) is 44.0 Å². The molecule has 2 aliphatic heterocycles. The Kier molecular flexibility index (Phi) is 4.45. The highest BCUT2D eigenvalue weighted by Crippen LogP contribution is 2.59. The zero-order valence-corrected chi connectivity index (χ0v) is 16.3. The molecule has 0 radical (unpaired) electrons. The van der Waals surface area contributed by atoms with Crippen molar-refractivity contribution >= 4 is 29.0 Å². The number of hydrogen-bond donors (Lipinski definition) is 1. The summed E-state index contributed by atoms with van der Waals surface area (Å²) in [6.07, 6.45) is 11.0. The van der Waals surface area contributed by atoms with E-state index in [4.69, 9.17) is 4.42 Å². The zero-order chi connectivity index (χ0) is 19.8. The van der Waals surface area contributed by atoms with Gasteiger partial charge in [0.05, 0.1) is 11.8 Å². The lowest BCUT2D eigenvalue weighted by Crippen LogP contribution is -2.41. The van der Waals surface area contributed by atoms with Crippen LogP contribution >= 0.6 is 0 Å². The molecule has 1 atom stereocenters. The summed E-state index contributed by atoms with van der Waals surface area (Å²) < 4.78 is 5.58. The quantitative estimate of drug-likeness (QED) is 0.866. The summed E-state index contributed by atoms with van der Waals surface area (Å²) in [4.78, 5) is 35.2. The third kappa shape index (κ3) is 3.45. The highest BCUT2D eigenvalue weighted by atomic mass is 16.3. The Morgan fingerprint density at radius 3 is 2.93 bits per heavy atom. The maximum absolute atomic E-state index is 12.6. The molecule has 1 aliphatic carbocycles. The van der Waals surface area contributed by atoms with Crippen molar-refractivity contribution in [2.75, 3.05) is 26.2 Å². The van der Waals surface area contributed by atoms with Crippen LogP contribution in [0.4, 0.5) is 0 Å². The second-order valence-corrected chi connectivity index (χ2v) is 8.27. The second kappa shape index (κ2) is 7.13. The summed E-state index contributed by atoms with van der Waals surface area (Å²) in [7, 11) is 0. The van der Waals surface area contributed by atoms with E-state index in [1.54, 1.807) is 24.7 Å². The molecule has 5 rings (SSSR count). The molecule has 1 N–H and O–H groups in total. The maximum atomic E-state index is 12.6. The topological polar surface area (TPSA) is 87.8 Å². The number of aromatic nitrogens is 1. The first-order chi connectivity index (χ1) is 14.1. The summed E-state index contributed by atoms with van der Waals surface area (Å²) in [6, 6.07) is 3.58. The fourth-order valence-corrected chi connectivity index (χ4v) is 4.62. The van der Waals surface area contributed by atoms with E-state index in [2.05, 4.69) is 15.3 Å². The Bertz CT molecular complexity index is 981. The van der Waals surface area contributed by atoms with Gasteiger partial charge in [0.15, 0.2) is 11.3 Å². The number of fused-ring (bicyclic) bond motifs is 1. The molecule has 1 saturated heterocycles. The van der Waals surface area contributed by atoms with E-state index >= 15 is 0 Å². The van der Waals surface area contributed by atoms with Crippen molar-refractivity contribution in [3.8, 4) is 0 Å². The summed E-state index contributed by atoms with van der Waals surface area (Å²) >= 11 is 0. The van der Waals surface area contributed by atoms with Gasteiger partial charge in [0.2, 0.25) is 0 Å². The average Bonchev–Trinajstić information content (AvgIpc) is 3.24. The van der Waals surface area contributed by atoms with Crippen LogP contribution in [0.15, 0.2) is 45.6 Å². The molecular formula is C22H24N4O3. The van der Waals surface area contributed by atoms with Crippen molar-refractivity contribution in [1.82, 2.24) is 15.2 Å². The number of furan rings is 1. The lowest BCUT2D eigenvalue weighted by Gasteiger charge is -2.33. The highest BCUT2D eigenvalue weighted by molar-refractivity contribution is 6.12. The van der Waals surface area contributed by atoms with Crippen LogP contribution in [-0.4, -0.2) is 54.1 Å². The molecule has 0 aromatic carbocycles. The molecule has 2 amide bonds. The van der Waals surface area contributed by atoms with Gasteiger partial charge in [-0.25, -0.2) is 0 Å². The Morgan fingerprint density at radius 1 is 1.31 bits per heavy atom. The van der Waals surface area contributed by atoms with Gasteiger partial charge < -0.3 is 14.6 Å². The van der Waals surface area contributed by atoms with Gasteiger partial charge in [-0.05, 0) is 49.1 Å². The molecule has 2 aromatic heterocycles. The minimum Gasteiger partial charge on any atom is -0.449 e.